The van der Waals surface area contributed by atoms with Crippen LogP contribution < -0.4 is 5.32 Å². The molecular formula is C12H17F3N4O2. The summed E-state index contributed by atoms with van der Waals surface area (Å²) >= 11 is 0. The number of amides is 1. The van der Waals surface area contributed by atoms with Crippen LogP contribution in [0.25, 0.3) is 0 Å². The Morgan fingerprint density at radius 1 is 1.48 bits per heavy atom. The lowest BCUT2D eigenvalue weighted by molar-refractivity contribution is -0.141. The van der Waals surface area contributed by atoms with Crippen LogP contribution in [0.3, 0.4) is 0 Å². The van der Waals surface area contributed by atoms with Crippen molar-refractivity contribution in [3.05, 3.63) is 17.5 Å². The van der Waals surface area contributed by atoms with Crippen molar-refractivity contribution in [3.63, 3.8) is 0 Å². The van der Waals surface area contributed by atoms with Crippen molar-refractivity contribution in [3.8, 4) is 0 Å². The van der Waals surface area contributed by atoms with Gasteiger partial charge in [0.2, 0.25) is 0 Å². The number of H-pyrrole nitrogens is 1. The highest BCUT2D eigenvalue weighted by Crippen LogP contribution is 2.27. The van der Waals surface area contributed by atoms with Crippen molar-refractivity contribution in [2.45, 2.75) is 25.1 Å². The van der Waals surface area contributed by atoms with E-state index in [0.29, 0.717) is 12.6 Å². The number of aliphatic hydroxyl groups excluding tert-OH is 1. The van der Waals surface area contributed by atoms with Crippen molar-refractivity contribution in [2.75, 3.05) is 26.2 Å². The van der Waals surface area contributed by atoms with Gasteiger partial charge in [0.05, 0.1) is 6.10 Å². The highest BCUT2D eigenvalue weighted by atomic mass is 19.4. The molecule has 1 aromatic heterocycles. The molecule has 0 aliphatic carbocycles. The minimum absolute atomic E-state index is 0.0243. The third kappa shape index (κ3) is 4.43. The van der Waals surface area contributed by atoms with Gasteiger partial charge in [-0.05, 0) is 25.9 Å². The monoisotopic (exact) mass is 306 g/mol. The highest BCUT2D eigenvalue weighted by molar-refractivity contribution is 5.92. The number of aromatic amines is 1. The van der Waals surface area contributed by atoms with E-state index in [1.165, 1.54) is 0 Å². The van der Waals surface area contributed by atoms with Crippen LogP contribution in [-0.4, -0.2) is 58.4 Å². The zero-order valence-electron chi connectivity index (χ0n) is 11.3. The van der Waals surface area contributed by atoms with E-state index >= 15 is 0 Å². The van der Waals surface area contributed by atoms with Crippen molar-refractivity contribution >= 4 is 5.91 Å². The van der Waals surface area contributed by atoms with E-state index in [-0.39, 0.29) is 12.2 Å². The van der Waals surface area contributed by atoms with Crippen LogP contribution in [0.1, 0.15) is 29.0 Å². The molecule has 1 fully saturated rings. The van der Waals surface area contributed by atoms with Gasteiger partial charge in [0, 0.05) is 19.2 Å². The van der Waals surface area contributed by atoms with Crippen LogP contribution in [-0.2, 0) is 6.18 Å². The average Bonchev–Trinajstić information content (AvgIpc) is 3.05. The first kappa shape index (κ1) is 15.8. The summed E-state index contributed by atoms with van der Waals surface area (Å²) in [6.45, 7) is 2.25. The lowest BCUT2D eigenvalue weighted by atomic mass is 10.3. The summed E-state index contributed by atoms with van der Waals surface area (Å²) in [5, 5.41) is 17.2. The average molecular weight is 306 g/mol. The summed E-state index contributed by atoms with van der Waals surface area (Å²) in [4.78, 5) is 13.7. The molecule has 2 heterocycles. The molecule has 0 saturated carbocycles. The number of β-amino-alcohol motifs (C(OH)–C–C–N with tert-alkyl or cyclic N) is 1. The Hall–Kier alpha value is -1.61. The normalized spacial score (nSPS) is 17.9. The molecule has 1 amide bonds. The van der Waals surface area contributed by atoms with Gasteiger partial charge >= 0.3 is 6.18 Å². The molecule has 118 valence electrons. The van der Waals surface area contributed by atoms with E-state index in [1.54, 1.807) is 5.10 Å². The standard InChI is InChI=1S/C12H17F3N4O2/c13-12(14,15)10-5-9(17-18-10)11(21)16-6-8(20)7-19-3-1-2-4-19/h5,8,20H,1-4,6-7H2,(H,16,21)(H,17,18). The summed E-state index contributed by atoms with van der Waals surface area (Å²) < 4.78 is 37.1. The fourth-order valence-electron chi connectivity index (χ4n) is 2.21. The molecule has 1 unspecified atom stereocenters. The third-order valence-corrected chi connectivity index (χ3v) is 3.28. The minimum atomic E-state index is -4.57. The molecule has 0 bridgehead atoms. The fourth-order valence-corrected chi connectivity index (χ4v) is 2.21. The second kappa shape index (κ2) is 6.44. The zero-order chi connectivity index (χ0) is 15.5. The Morgan fingerprint density at radius 2 is 2.14 bits per heavy atom. The topological polar surface area (TPSA) is 81.2 Å². The number of carbonyl (C=O) groups is 1. The van der Waals surface area contributed by atoms with Crippen molar-refractivity contribution in [2.24, 2.45) is 0 Å². The van der Waals surface area contributed by atoms with Crippen LogP contribution >= 0.6 is 0 Å². The van der Waals surface area contributed by atoms with Gasteiger partial charge < -0.3 is 15.3 Å². The van der Waals surface area contributed by atoms with E-state index in [2.05, 4.69) is 15.3 Å². The first-order valence-corrected chi connectivity index (χ1v) is 6.67. The number of aliphatic hydroxyl groups is 1. The number of halogens is 3. The number of hydrogen-bond donors (Lipinski definition) is 3. The van der Waals surface area contributed by atoms with E-state index in [1.807, 2.05) is 0 Å². The molecule has 0 aromatic carbocycles. The Kier molecular flexibility index (Phi) is 4.84. The van der Waals surface area contributed by atoms with Gasteiger partial charge in [-0.25, -0.2) is 0 Å². The molecule has 1 aliphatic heterocycles. The maximum Gasteiger partial charge on any atom is 0.432 e. The van der Waals surface area contributed by atoms with Gasteiger partial charge in [-0.1, -0.05) is 0 Å². The van der Waals surface area contributed by atoms with Crippen molar-refractivity contribution < 1.29 is 23.1 Å². The van der Waals surface area contributed by atoms with Crippen molar-refractivity contribution in [1.82, 2.24) is 20.4 Å². The van der Waals surface area contributed by atoms with E-state index in [4.69, 9.17) is 0 Å². The van der Waals surface area contributed by atoms with Gasteiger partial charge in [-0.3, -0.25) is 9.89 Å². The molecule has 6 nitrogen and oxygen atoms in total. The molecule has 0 spiro atoms. The smallest absolute Gasteiger partial charge is 0.390 e. The first-order valence-electron chi connectivity index (χ1n) is 6.67. The second-order valence-electron chi connectivity index (χ2n) is 5.04. The molecule has 1 aromatic rings. The van der Waals surface area contributed by atoms with E-state index in [0.717, 1.165) is 25.9 Å². The maximum absolute atomic E-state index is 12.4. The lowest BCUT2D eigenvalue weighted by Gasteiger charge is -2.19. The number of rotatable bonds is 5. The number of nitrogens with zero attached hydrogens (tertiary/aromatic N) is 2. The molecule has 21 heavy (non-hydrogen) atoms. The molecule has 9 heteroatoms. The number of nitrogens with one attached hydrogen (secondary N) is 2. The number of alkyl halides is 3. The second-order valence-corrected chi connectivity index (χ2v) is 5.04. The van der Waals surface area contributed by atoms with Crippen LogP contribution in [0.15, 0.2) is 6.07 Å². The Bertz CT molecular complexity index is 483. The van der Waals surface area contributed by atoms with E-state index < -0.39 is 23.9 Å². The van der Waals surface area contributed by atoms with Gasteiger partial charge in [0.1, 0.15) is 5.69 Å². The maximum atomic E-state index is 12.4. The lowest BCUT2D eigenvalue weighted by Crippen LogP contribution is -2.39. The summed E-state index contributed by atoms with van der Waals surface area (Å²) in [5.74, 6) is -0.748. The zero-order valence-corrected chi connectivity index (χ0v) is 11.3. The predicted molar refractivity (Wildman–Crippen MR) is 67.6 cm³/mol. The predicted octanol–water partition coefficient (Wildman–Crippen LogP) is 0.615. The molecule has 1 aliphatic rings. The van der Waals surface area contributed by atoms with Gasteiger partial charge in [-0.15, -0.1) is 0 Å². The molecule has 0 radical (unpaired) electrons. The van der Waals surface area contributed by atoms with Crippen molar-refractivity contribution in [1.29, 1.82) is 0 Å². The number of aromatic nitrogens is 2. The quantitative estimate of drug-likeness (QED) is 0.745. The van der Waals surface area contributed by atoms with Gasteiger partial charge in [0.25, 0.3) is 5.91 Å². The molecule has 1 saturated heterocycles. The number of likely N-dealkylation sites (tertiary alicyclic amines) is 1. The molecular weight excluding hydrogens is 289 g/mol. The minimum Gasteiger partial charge on any atom is -0.390 e. The Labute approximate surface area is 119 Å². The molecule has 1 atom stereocenters. The van der Waals surface area contributed by atoms with Gasteiger partial charge in [-0.2, -0.15) is 18.3 Å². The van der Waals surface area contributed by atoms with Crippen LogP contribution in [0.2, 0.25) is 0 Å². The Morgan fingerprint density at radius 3 is 2.71 bits per heavy atom. The number of hydrogen-bond acceptors (Lipinski definition) is 4. The van der Waals surface area contributed by atoms with Gasteiger partial charge in [0.15, 0.2) is 5.69 Å². The van der Waals surface area contributed by atoms with Crippen LogP contribution in [0.4, 0.5) is 13.2 Å². The SMILES string of the molecule is O=C(NCC(O)CN1CCCC1)c1cc(C(F)(F)F)[nH]n1. The summed E-state index contributed by atoms with van der Waals surface area (Å²) in [6, 6.07) is 0.641. The molecule has 3 N–H and O–H groups in total. The largest absolute Gasteiger partial charge is 0.432 e. The summed E-state index contributed by atoms with van der Waals surface area (Å²) in [7, 11) is 0. The summed E-state index contributed by atoms with van der Waals surface area (Å²) in [5.41, 5.74) is -1.43. The van der Waals surface area contributed by atoms with Crippen LogP contribution in [0.5, 0.6) is 0 Å². The van der Waals surface area contributed by atoms with E-state index in [9.17, 15) is 23.1 Å². The third-order valence-electron chi connectivity index (χ3n) is 3.28. The van der Waals surface area contributed by atoms with Crippen LogP contribution in [0, 0.1) is 0 Å². The fraction of sp³-hybridized carbons (Fsp3) is 0.667. The highest BCUT2D eigenvalue weighted by Gasteiger charge is 2.33. The number of carbonyl (C=O) groups excluding carboxylic acids is 1. The molecule has 2 rings (SSSR count). The first-order chi connectivity index (χ1) is 9.86. The summed E-state index contributed by atoms with van der Waals surface area (Å²) in [6.07, 6.45) is -3.15. The Balaban J connectivity index is 1.79.